The smallest absolute Gasteiger partial charge is 0.300 e. The fraction of sp³-hybridized carbons (Fsp3) is 0.923. The van der Waals surface area contributed by atoms with Crippen LogP contribution in [0.4, 0.5) is 0 Å². The normalized spacial score (nSPS) is 13.6. The zero-order valence-corrected chi connectivity index (χ0v) is 22.0. The van der Waals surface area contributed by atoms with E-state index in [4.69, 9.17) is 5.50 Å². The van der Waals surface area contributed by atoms with E-state index < -0.39 is 7.59 Å². The Morgan fingerprint density at radius 1 is 0.613 bits per heavy atom. The largest absolute Gasteiger partial charge is 0.320 e. The lowest BCUT2D eigenvalue weighted by molar-refractivity contribution is 0.536. The van der Waals surface area contributed by atoms with E-state index >= 15 is 0 Å². The molecule has 0 spiro atoms. The van der Waals surface area contributed by atoms with Crippen LogP contribution in [0.15, 0.2) is 12.3 Å². The first kappa shape index (κ1) is 30.7. The molecule has 0 radical (unpaired) electrons. The second kappa shape index (κ2) is 24.3. The first-order valence-electron chi connectivity index (χ1n) is 13.7. The number of rotatable bonds is 25. The molecule has 0 aliphatic heterocycles. The highest BCUT2D eigenvalue weighted by molar-refractivity contribution is 7.57. The lowest BCUT2D eigenvalue weighted by Crippen LogP contribution is -2.25. The Morgan fingerprint density at radius 2 is 1.00 bits per heavy atom. The summed E-state index contributed by atoms with van der Waals surface area (Å²) >= 11 is 0. The third kappa shape index (κ3) is 25.8. The Morgan fingerprint density at radius 3 is 1.45 bits per heavy atom. The van der Waals surface area contributed by atoms with Crippen LogP contribution in [0.3, 0.4) is 0 Å². The fourth-order valence-electron chi connectivity index (χ4n) is 3.90. The molecule has 0 heterocycles. The van der Waals surface area contributed by atoms with Gasteiger partial charge in [0.2, 0.25) is 0 Å². The summed E-state index contributed by atoms with van der Waals surface area (Å²) in [5.74, 6) is 0. The van der Waals surface area contributed by atoms with Crippen LogP contribution in [-0.2, 0) is 4.57 Å². The molecule has 0 aliphatic carbocycles. The third-order valence-corrected chi connectivity index (χ3v) is 7.21. The van der Waals surface area contributed by atoms with Gasteiger partial charge in [-0.15, -0.1) is 0 Å². The first-order valence-corrected chi connectivity index (χ1v) is 15.5. The van der Waals surface area contributed by atoms with E-state index in [0.717, 1.165) is 19.4 Å². The maximum absolute atomic E-state index is 12.2. The molecule has 0 saturated carbocycles. The predicted octanol–water partition coefficient (Wildman–Crippen LogP) is 8.98. The topological polar surface area (TPSA) is 67.1 Å². The predicted molar refractivity (Wildman–Crippen MR) is 140 cm³/mol. The van der Waals surface area contributed by atoms with Crippen molar-refractivity contribution in [3.63, 3.8) is 0 Å². The molecule has 0 rings (SSSR count). The van der Waals surface area contributed by atoms with Crippen LogP contribution in [0, 0.1) is 0 Å². The molecule has 0 amide bonds. The van der Waals surface area contributed by atoms with E-state index in [1.54, 1.807) is 6.20 Å². The van der Waals surface area contributed by atoms with Gasteiger partial charge in [0.25, 0.3) is 7.59 Å². The molecule has 0 saturated heterocycles. The molecule has 0 fully saturated rings. The number of nitrogens with two attached hydrogens (primary N) is 1. The number of hydrogen-bond donors (Lipinski definition) is 3. The van der Waals surface area contributed by atoms with Gasteiger partial charge in [-0.3, -0.25) is 10.1 Å². The Bertz CT molecular complexity index is 429. The number of unbranched alkanes of at least 4 members (excludes halogenated alkanes) is 19. The van der Waals surface area contributed by atoms with Crippen LogP contribution >= 0.6 is 7.59 Å². The maximum atomic E-state index is 12.2. The summed E-state index contributed by atoms with van der Waals surface area (Å²) in [6.45, 7) is 5.23. The highest BCUT2D eigenvalue weighted by atomic mass is 31.2. The van der Waals surface area contributed by atoms with Gasteiger partial charge in [0.1, 0.15) is 0 Å². The molecule has 1 unspecified atom stereocenters. The summed E-state index contributed by atoms with van der Waals surface area (Å²) in [6.07, 6.45) is 31.6. The van der Waals surface area contributed by atoms with Crippen LogP contribution in [0.1, 0.15) is 149 Å². The van der Waals surface area contributed by atoms with E-state index in [1.807, 2.05) is 0 Å². The summed E-state index contributed by atoms with van der Waals surface area (Å²) in [5.41, 5.74) is 5.83. The summed E-state index contributed by atoms with van der Waals surface area (Å²) in [5, 5.41) is 5.84. The van der Waals surface area contributed by atoms with Gasteiger partial charge >= 0.3 is 0 Å². The highest BCUT2D eigenvalue weighted by Gasteiger charge is 2.10. The summed E-state index contributed by atoms with van der Waals surface area (Å²) in [7, 11) is -2.93. The molecule has 0 bridgehead atoms. The monoisotopic (exact) mass is 457 g/mol. The minimum atomic E-state index is -2.93. The standard InChI is InChI=1S/C26H56N3OP/c1-3-5-7-9-11-12-13-14-15-16-17-18-19-20-22-24-26-29-31(27,30)28-25-23-21-10-8-6-4-2/h24,26H,3-23,25H2,1-2H3,(H4,27,28,29,30). The van der Waals surface area contributed by atoms with Gasteiger partial charge < -0.3 is 5.09 Å². The summed E-state index contributed by atoms with van der Waals surface area (Å²) < 4.78 is 12.2. The van der Waals surface area contributed by atoms with E-state index in [2.05, 4.69) is 30.1 Å². The Balaban J connectivity index is 3.34. The van der Waals surface area contributed by atoms with Crippen molar-refractivity contribution in [2.45, 2.75) is 149 Å². The quantitative estimate of drug-likeness (QED) is 0.0945. The number of allylic oxidation sites excluding steroid dienone is 1. The maximum Gasteiger partial charge on any atom is 0.300 e. The molecule has 31 heavy (non-hydrogen) atoms. The number of hydrogen-bond acceptors (Lipinski definition) is 1. The number of nitrogens with one attached hydrogen (secondary N) is 2. The van der Waals surface area contributed by atoms with Crippen LogP contribution in [-0.4, -0.2) is 6.54 Å². The second-order valence-electron chi connectivity index (χ2n) is 9.25. The molecular formula is C26H56N3OP. The highest BCUT2D eigenvalue weighted by Crippen LogP contribution is 2.24. The van der Waals surface area contributed by atoms with Gasteiger partial charge in [0, 0.05) is 12.7 Å². The van der Waals surface area contributed by atoms with Gasteiger partial charge in [0.15, 0.2) is 0 Å². The van der Waals surface area contributed by atoms with Crippen LogP contribution < -0.4 is 15.7 Å². The van der Waals surface area contributed by atoms with E-state index in [-0.39, 0.29) is 0 Å². The molecule has 0 aliphatic rings. The molecule has 0 aromatic heterocycles. The van der Waals surface area contributed by atoms with Crippen molar-refractivity contribution in [3.8, 4) is 0 Å². The van der Waals surface area contributed by atoms with Crippen LogP contribution in [0.5, 0.6) is 0 Å². The van der Waals surface area contributed by atoms with Crippen molar-refractivity contribution in [3.05, 3.63) is 12.3 Å². The zero-order chi connectivity index (χ0) is 22.9. The molecule has 4 N–H and O–H groups in total. The van der Waals surface area contributed by atoms with Gasteiger partial charge in [-0.25, -0.2) is 5.09 Å². The Hall–Kier alpha value is -0.310. The fourth-order valence-corrected chi connectivity index (χ4v) is 4.81. The van der Waals surface area contributed by atoms with Crippen molar-refractivity contribution < 1.29 is 4.57 Å². The average molecular weight is 458 g/mol. The van der Waals surface area contributed by atoms with Crippen molar-refractivity contribution in [2.24, 2.45) is 5.50 Å². The van der Waals surface area contributed by atoms with Crippen molar-refractivity contribution >= 4 is 7.59 Å². The third-order valence-electron chi connectivity index (χ3n) is 5.99. The van der Waals surface area contributed by atoms with E-state index in [1.165, 1.54) is 122 Å². The molecule has 4 nitrogen and oxygen atoms in total. The van der Waals surface area contributed by atoms with Crippen molar-refractivity contribution in [1.29, 1.82) is 0 Å². The summed E-state index contributed by atoms with van der Waals surface area (Å²) in [4.78, 5) is 0. The van der Waals surface area contributed by atoms with E-state index in [9.17, 15) is 4.57 Å². The van der Waals surface area contributed by atoms with Gasteiger partial charge in [-0.1, -0.05) is 135 Å². The van der Waals surface area contributed by atoms with Gasteiger partial charge in [-0.2, -0.15) is 0 Å². The summed E-state index contributed by atoms with van der Waals surface area (Å²) in [6, 6.07) is 0. The average Bonchev–Trinajstić information content (AvgIpc) is 2.75. The molecular weight excluding hydrogens is 401 g/mol. The van der Waals surface area contributed by atoms with E-state index in [0.29, 0.717) is 0 Å². The lowest BCUT2D eigenvalue weighted by atomic mass is 10.0. The molecule has 1 atom stereocenters. The Labute approximate surface area is 195 Å². The minimum Gasteiger partial charge on any atom is -0.320 e. The molecule has 0 aromatic rings. The lowest BCUT2D eigenvalue weighted by Gasteiger charge is -2.14. The second-order valence-corrected chi connectivity index (χ2v) is 11.1. The molecule has 5 heteroatoms. The SMILES string of the molecule is CCCCCCCCCCCCCCCCC=CNP(N)(=O)NCCCCCCCC. The van der Waals surface area contributed by atoms with Crippen LogP contribution in [0.2, 0.25) is 0 Å². The molecule has 0 aromatic carbocycles. The minimum absolute atomic E-state index is 0.722. The molecule has 186 valence electrons. The zero-order valence-electron chi connectivity index (χ0n) is 21.1. The van der Waals surface area contributed by atoms with Crippen molar-refractivity contribution in [2.75, 3.05) is 6.54 Å². The van der Waals surface area contributed by atoms with Crippen molar-refractivity contribution in [1.82, 2.24) is 10.2 Å². The van der Waals surface area contributed by atoms with Gasteiger partial charge in [-0.05, 0) is 19.3 Å². The first-order chi connectivity index (χ1) is 15.1. The Kier molecular flexibility index (Phi) is 24.1. The van der Waals surface area contributed by atoms with Crippen LogP contribution in [0.25, 0.3) is 0 Å². The van der Waals surface area contributed by atoms with Gasteiger partial charge in [0.05, 0.1) is 0 Å².